The lowest BCUT2D eigenvalue weighted by Gasteiger charge is -2.19. The van der Waals surface area contributed by atoms with Crippen molar-refractivity contribution < 1.29 is 14.3 Å². The molecule has 0 radical (unpaired) electrons. The molecule has 6 heteroatoms. The largest absolute Gasteiger partial charge is 0.380 e. The van der Waals surface area contributed by atoms with E-state index in [0.717, 1.165) is 6.42 Å². The molecule has 2 atom stereocenters. The molecule has 2 unspecified atom stereocenters. The first-order valence-corrected chi connectivity index (χ1v) is 5.84. The van der Waals surface area contributed by atoms with E-state index in [4.69, 9.17) is 10.5 Å². The van der Waals surface area contributed by atoms with E-state index in [1.54, 1.807) is 12.0 Å². The minimum absolute atomic E-state index is 0.0372. The Morgan fingerprint density at radius 3 is 2.82 bits per heavy atom. The lowest BCUT2D eigenvalue weighted by molar-refractivity contribution is -0.132. The molecule has 1 saturated heterocycles. The smallest absolute Gasteiger partial charge is 0.225 e. The van der Waals surface area contributed by atoms with Gasteiger partial charge in [0.1, 0.15) is 0 Å². The van der Waals surface area contributed by atoms with Crippen molar-refractivity contribution in [3.05, 3.63) is 0 Å². The number of nitrogens with zero attached hydrogens (tertiary/aromatic N) is 1. The molecule has 1 fully saturated rings. The van der Waals surface area contributed by atoms with Gasteiger partial charge in [-0.15, -0.1) is 0 Å². The number of methoxy groups -OCH3 is 1. The number of likely N-dealkylation sites (tertiary alicyclic amines) is 1. The maximum atomic E-state index is 11.9. The number of hydrogen-bond acceptors (Lipinski definition) is 4. The van der Waals surface area contributed by atoms with Crippen LogP contribution in [0.4, 0.5) is 0 Å². The van der Waals surface area contributed by atoms with Gasteiger partial charge < -0.3 is 20.7 Å². The fraction of sp³-hybridized carbons (Fsp3) is 0.818. The van der Waals surface area contributed by atoms with Gasteiger partial charge >= 0.3 is 0 Å². The predicted molar refractivity (Wildman–Crippen MR) is 63.3 cm³/mol. The van der Waals surface area contributed by atoms with Crippen LogP contribution >= 0.6 is 0 Å². The van der Waals surface area contributed by atoms with E-state index in [2.05, 4.69) is 5.32 Å². The summed E-state index contributed by atoms with van der Waals surface area (Å²) < 4.78 is 5.08. The molecule has 98 valence electrons. The van der Waals surface area contributed by atoms with Crippen LogP contribution < -0.4 is 11.1 Å². The van der Waals surface area contributed by atoms with Crippen molar-refractivity contribution in [2.24, 2.45) is 5.73 Å². The van der Waals surface area contributed by atoms with E-state index in [-0.39, 0.29) is 24.0 Å². The van der Waals surface area contributed by atoms with Gasteiger partial charge in [0.25, 0.3) is 0 Å². The average molecular weight is 243 g/mol. The molecule has 0 bridgehead atoms. The van der Waals surface area contributed by atoms with Gasteiger partial charge in [-0.25, -0.2) is 0 Å². The normalized spacial score (nSPS) is 21.4. The highest BCUT2D eigenvalue weighted by molar-refractivity contribution is 5.77. The van der Waals surface area contributed by atoms with Crippen molar-refractivity contribution in [2.75, 3.05) is 26.7 Å². The molecule has 0 spiro atoms. The van der Waals surface area contributed by atoms with Gasteiger partial charge in [0.05, 0.1) is 12.5 Å². The molecule has 1 rings (SSSR count). The topological polar surface area (TPSA) is 84.7 Å². The second-order valence-electron chi connectivity index (χ2n) is 4.32. The van der Waals surface area contributed by atoms with Crippen molar-refractivity contribution in [1.29, 1.82) is 0 Å². The van der Waals surface area contributed by atoms with Gasteiger partial charge in [0.2, 0.25) is 11.8 Å². The highest BCUT2D eigenvalue weighted by Gasteiger charge is 2.27. The molecule has 1 aliphatic heterocycles. The van der Waals surface area contributed by atoms with Crippen molar-refractivity contribution in [1.82, 2.24) is 10.2 Å². The fourth-order valence-corrected chi connectivity index (χ4v) is 1.98. The minimum atomic E-state index is -0.220. The zero-order valence-corrected chi connectivity index (χ0v) is 10.4. The Hall–Kier alpha value is -1.14. The second kappa shape index (κ2) is 6.56. The van der Waals surface area contributed by atoms with Crippen molar-refractivity contribution in [2.45, 2.75) is 31.9 Å². The summed E-state index contributed by atoms with van der Waals surface area (Å²) in [5, 5.41) is 2.82. The van der Waals surface area contributed by atoms with Gasteiger partial charge in [-0.05, 0) is 6.42 Å². The zero-order valence-electron chi connectivity index (χ0n) is 10.4. The van der Waals surface area contributed by atoms with Crippen LogP contribution in [0, 0.1) is 0 Å². The number of hydrogen-bond donors (Lipinski definition) is 2. The number of nitrogens with two attached hydrogens (primary N) is 1. The lowest BCUT2D eigenvalue weighted by atomic mass is 10.2. The molecule has 1 aliphatic rings. The molecule has 0 aromatic heterocycles. The van der Waals surface area contributed by atoms with Crippen LogP contribution in [-0.2, 0) is 14.3 Å². The average Bonchev–Trinajstić information content (AvgIpc) is 2.73. The Morgan fingerprint density at radius 1 is 1.59 bits per heavy atom. The van der Waals surface area contributed by atoms with Crippen molar-refractivity contribution in [3.63, 3.8) is 0 Å². The van der Waals surface area contributed by atoms with Gasteiger partial charge in [0, 0.05) is 39.7 Å². The van der Waals surface area contributed by atoms with Crippen LogP contribution in [0.3, 0.4) is 0 Å². The van der Waals surface area contributed by atoms with E-state index in [1.807, 2.05) is 0 Å². The summed E-state index contributed by atoms with van der Waals surface area (Å²) >= 11 is 0. The Morgan fingerprint density at radius 2 is 2.29 bits per heavy atom. The SMILES string of the molecule is COC(CN)CC(=O)N1CCC(NC(C)=O)C1. The lowest BCUT2D eigenvalue weighted by Crippen LogP contribution is -2.39. The van der Waals surface area contributed by atoms with Gasteiger partial charge in [-0.3, -0.25) is 9.59 Å². The Balaban J connectivity index is 2.37. The standard InChI is InChI=1S/C11H21N3O3/c1-8(15)13-9-3-4-14(7-9)11(16)5-10(6-12)17-2/h9-10H,3-7,12H2,1-2H3,(H,13,15). The molecule has 2 amide bonds. The first kappa shape index (κ1) is 13.9. The molecule has 6 nitrogen and oxygen atoms in total. The van der Waals surface area contributed by atoms with E-state index in [9.17, 15) is 9.59 Å². The van der Waals surface area contributed by atoms with E-state index >= 15 is 0 Å². The quantitative estimate of drug-likeness (QED) is 0.654. The van der Waals surface area contributed by atoms with Crippen LogP contribution in [-0.4, -0.2) is 55.6 Å². The molecular weight excluding hydrogens is 222 g/mol. The van der Waals surface area contributed by atoms with Gasteiger partial charge in [-0.2, -0.15) is 0 Å². The number of nitrogens with one attached hydrogen (secondary N) is 1. The van der Waals surface area contributed by atoms with Crippen LogP contribution in [0.15, 0.2) is 0 Å². The Kier molecular flexibility index (Phi) is 5.37. The summed E-state index contributed by atoms with van der Waals surface area (Å²) in [5.41, 5.74) is 5.47. The summed E-state index contributed by atoms with van der Waals surface area (Å²) in [4.78, 5) is 24.5. The fourth-order valence-electron chi connectivity index (χ4n) is 1.98. The highest BCUT2D eigenvalue weighted by Crippen LogP contribution is 2.11. The summed E-state index contributed by atoms with van der Waals surface area (Å²) in [5.74, 6) is -0.0174. The third-order valence-electron chi connectivity index (χ3n) is 2.95. The summed E-state index contributed by atoms with van der Waals surface area (Å²) in [6, 6.07) is 0.0790. The maximum Gasteiger partial charge on any atom is 0.225 e. The molecule has 17 heavy (non-hydrogen) atoms. The molecule has 0 aromatic carbocycles. The number of amides is 2. The monoisotopic (exact) mass is 243 g/mol. The summed E-state index contributed by atoms with van der Waals surface area (Å²) in [6.07, 6.45) is 0.896. The molecule has 3 N–H and O–H groups in total. The zero-order chi connectivity index (χ0) is 12.8. The minimum Gasteiger partial charge on any atom is -0.380 e. The van der Waals surface area contributed by atoms with Crippen molar-refractivity contribution >= 4 is 11.8 Å². The van der Waals surface area contributed by atoms with Crippen LogP contribution in [0.1, 0.15) is 19.8 Å². The number of ether oxygens (including phenoxy) is 1. The third kappa shape index (κ3) is 4.32. The predicted octanol–water partition coefficient (Wildman–Crippen LogP) is -0.913. The Bertz CT molecular complexity index is 279. The number of carbonyl (C=O) groups excluding carboxylic acids is 2. The van der Waals surface area contributed by atoms with E-state index in [1.165, 1.54) is 6.92 Å². The van der Waals surface area contributed by atoms with Crippen LogP contribution in [0.2, 0.25) is 0 Å². The number of rotatable bonds is 5. The van der Waals surface area contributed by atoms with Gasteiger partial charge in [-0.1, -0.05) is 0 Å². The van der Waals surface area contributed by atoms with Crippen LogP contribution in [0.25, 0.3) is 0 Å². The van der Waals surface area contributed by atoms with E-state index in [0.29, 0.717) is 26.1 Å². The van der Waals surface area contributed by atoms with Gasteiger partial charge in [0.15, 0.2) is 0 Å². The molecule has 1 heterocycles. The maximum absolute atomic E-state index is 11.9. The summed E-state index contributed by atoms with van der Waals surface area (Å²) in [6.45, 7) is 3.09. The molecular formula is C11H21N3O3. The first-order valence-electron chi connectivity index (χ1n) is 5.84. The molecule has 0 aromatic rings. The molecule has 0 saturated carbocycles. The number of carbonyl (C=O) groups is 2. The second-order valence-corrected chi connectivity index (χ2v) is 4.32. The van der Waals surface area contributed by atoms with E-state index < -0.39 is 0 Å². The molecule has 0 aliphatic carbocycles. The third-order valence-corrected chi connectivity index (χ3v) is 2.95. The highest BCUT2D eigenvalue weighted by atomic mass is 16.5. The first-order chi connectivity index (χ1) is 8.06. The van der Waals surface area contributed by atoms with Crippen LogP contribution in [0.5, 0.6) is 0 Å². The Labute approximate surface area is 101 Å². The van der Waals surface area contributed by atoms with Crippen molar-refractivity contribution in [3.8, 4) is 0 Å². The summed E-state index contributed by atoms with van der Waals surface area (Å²) in [7, 11) is 1.55.